The average molecular weight is 553 g/mol. The van der Waals surface area contributed by atoms with Gasteiger partial charge in [-0.2, -0.15) is 0 Å². The summed E-state index contributed by atoms with van der Waals surface area (Å²) in [6.45, 7) is 5.98. The van der Waals surface area contributed by atoms with Crippen molar-refractivity contribution < 1.29 is 14.3 Å². The molecule has 0 aromatic heterocycles. The van der Waals surface area contributed by atoms with Gasteiger partial charge in [-0.25, -0.2) is 4.79 Å². The van der Waals surface area contributed by atoms with Gasteiger partial charge >= 0.3 is 5.97 Å². The summed E-state index contributed by atoms with van der Waals surface area (Å²) in [7, 11) is 1.39. The van der Waals surface area contributed by atoms with E-state index in [1.165, 1.54) is 23.1 Å². The number of aryl methyl sites for hydroxylation is 1. The second kappa shape index (κ2) is 10.9. The Labute approximate surface area is 233 Å². The van der Waals surface area contributed by atoms with Crippen molar-refractivity contribution in [3.63, 3.8) is 0 Å². The molecule has 3 aliphatic heterocycles. The van der Waals surface area contributed by atoms with Crippen LogP contribution in [0, 0.1) is 0 Å². The molecule has 7 nitrogen and oxygen atoms in total. The summed E-state index contributed by atoms with van der Waals surface area (Å²) in [6.07, 6.45) is 6.92. The number of fused-ring (bicyclic) bond motifs is 2. The van der Waals surface area contributed by atoms with Crippen LogP contribution in [0.1, 0.15) is 48.2 Å². The molecule has 0 radical (unpaired) electrons. The van der Waals surface area contributed by atoms with E-state index in [9.17, 15) is 9.59 Å². The van der Waals surface area contributed by atoms with E-state index in [0.717, 1.165) is 48.9 Å². The first-order valence-corrected chi connectivity index (χ1v) is 14.1. The molecule has 2 aromatic carbocycles. The highest BCUT2D eigenvalue weighted by atomic mass is 35.5. The van der Waals surface area contributed by atoms with Gasteiger partial charge in [0.25, 0.3) is 0 Å². The van der Waals surface area contributed by atoms with Crippen LogP contribution < -0.4 is 15.5 Å². The fourth-order valence-electron chi connectivity index (χ4n) is 5.58. The van der Waals surface area contributed by atoms with Gasteiger partial charge in [0.05, 0.1) is 12.7 Å². The molecular weight excluding hydrogens is 520 g/mol. The number of carbonyl (C=O) groups excluding carboxylic acids is 2. The van der Waals surface area contributed by atoms with E-state index in [0.29, 0.717) is 12.1 Å². The fraction of sp³-hybridized carbons (Fsp3) is 0.379. The second-order valence-corrected chi connectivity index (χ2v) is 11.7. The standard InChI is InChI=1S/C29H33ClN4O3S/c1-4-26(32-28-31-16-23(38-28)11-7-20-5-8-21(9-6-20)27(36)37-3)34-18-29(13-14-33(17-29)19(2)35)24-15-22(30)10-12-25(24)34/h4-6,8-10,12,15-16,28,31-32H,7,11,13-14,17-18H2,1-3H3. The van der Waals surface area contributed by atoms with Crippen LogP contribution in [0.5, 0.6) is 0 Å². The molecule has 5 rings (SSSR count). The number of rotatable bonds is 7. The van der Waals surface area contributed by atoms with E-state index in [1.54, 1.807) is 18.7 Å². The molecular formula is C29H33ClN4O3S. The van der Waals surface area contributed by atoms with Crippen molar-refractivity contribution in [1.82, 2.24) is 15.5 Å². The lowest BCUT2D eigenvalue weighted by Gasteiger charge is -2.29. The van der Waals surface area contributed by atoms with Crippen molar-refractivity contribution in [2.24, 2.45) is 0 Å². The quantitative estimate of drug-likeness (QED) is 0.469. The molecule has 1 spiro atoms. The Morgan fingerprint density at radius 1 is 1.21 bits per heavy atom. The van der Waals surface area contributed by atoms with Gasteiger partial charge in [-0.3, -0.25) is 4.79 Å². The van der Waals surface area contributed by atoms with E-state index < -0.39 is 0 Å². The summed E-state index contributed by atoms with van der Waals surface area (Å²) in [5, 5.41) is 7.87. The minimum absolute atomic E-state index is 0.0162. The third-order valence-corrected chi connectivity index (χ3v) is 8.97. The van der Waals surface area contributed by atoms with Crippen LogP contribution in [0.2, 0.25) is 5.02 Å². The highest BCUT2D eigenvalue weighted by Crippen LogP contribution is 2.48. The van der Waals surface area contributed by atoms with Crippen LogP contribution in [-0.2, 0) is 21.4 Å². The van der Waals surface area contributed by atoms with E-state index in [1.807, 2.05) is 42.2 Å². The van der Waals surface area contributed by atoms with Gasteiger partial charge in [-0.05, 0) is 73.7 Å². The number of thioether (sulfide) groups is 1. The molecule has 200 valence electrons. The molecule has 2 aromatic rings. The topological polar surface area (TPSA) is 73.9 Å². The summed E-state index contributed by atoms with van der Waals surface area (Å²) in [5.74, 6) is 0.838. The molecule has 2 atom stereocenters. The predicted octanol–water partition coefficient (Wildman–Crippen LogP) is 4.98. The number of benzene rings is 2. The van der Waals surface area contributed by atoms with Crippen LogP contribution >= 0.6 is 23.4 Å². The maximum Gasteiger partial charge on any atom is 0.337 e. The largest absolute Gasteiger partial charge is 0.465 e. The molecule has 1 fully saturated rings. The normalized spacial score (nSPS) is 22.4. The lowest BCUT2D eigenvalue weighted by atomic mass is 9.81. The third kappa shape index (κ3) is 5.24. The smallest absolute Gasteiger partial charge is 0.337 e. The monoisotopic (exact) mass is 552 g/mol. The second-order valence-electron chi connectivity index (χ2n) is 10.0. The molecule has 3 aliphatic rings. The summed E-state index contributed by atoms with van der Waals surface area (Å²) >= 11 is 8.21. The number of esters is 1. The Balaban J connectivity index is 1.22. The lowest BCUT2D eigenvalue weighted by molar-refractivity contribution is -0.127. The van der Waals surface area contributed by atoms with Crippen molar-refractivity contribution in [3.05, 3.63) is 87.2 Å². The average Bonchev–Trinajstić information content (AvgIpc) is 3.64. The van der Waals surface area contributed by atoms with Crippen molar-refractivity contribution in [2.45, 2.75) is 44.0 Å². The number of methoxy groups -OCH3 is 1. The van der Waals surface area contributed by atoms with Crippen LogP contribution in [0.25, 0.3) is 0 Å². The Kier molecular flexibility index (Phi) is 7.63. The highest BCUT2D eigenvalue weighted by molar-refractivity contribution is 8.03. The number of hydrogen-bond acceptors (Lipinski definition) is 7. The van der Waals surface area contributed by atoms with Gasteiger partial charge in [0.1, 0.15) is 5.82 Å². The number of hydrogen-bond donors (Lipinski definition) is 2. The minimum Gasteiger partial charge on any atom is -0.465 e. The first kappa shape index (κ1) is 26.5. The lowest BCUT2D eigenvalue weighted by Crippen LogP contribution is -2.43. The third-order valence-electron chi connectivity index (χ3n) is 7.62. The van der Waals surface area contributed by atoms with Crippen molar-refractivity contribution >= 4 is 40.9 Å². The molecule has 2 unspecified atom stereocenters. The summed E-state index contributed by atoms with van der Waals surface area (Å²) in [4.78, 5) is 29.3. The van der Waals surface area contributed by atoms with Crippen LogP contribution in [0.4, 0.5) is 5.69 Å². The Hall–Kier alpha value is -3.10. The number of likely N-dealkylation sites (tertiary alicyclic amines) is 1. The number of ether oxygens (including phenoxy) is 1. The van der Waals surface area contributed by atoms with Gasteiger partial charge in [-0.15, -0.1) is 0 Å². The molecule has 9 heteroatoms. The van der Waals surface area contributed by atoms with Crippen molar-refractivity contribution in [1.29, 1.82) is 0 Å². The zero-order chi connectivity index (χ0) is 26.9. The summed E-state index contributed by atoms with van der Waals surface area (Å²) < 4.78 is 4.78. The van der Waals surface area contributed by atoms with Crippen LogP contribution in [0.3, 0.4) is 0 Å². The van der Waals surface area contributed by atoms with E-state index in [-0.39, 0.29) is 22.8 Å². The molecule has 0 aliphatic carbocycles. The Morgan fingerprint density at radius 3 is 2.68 bits per heavy atom. The fourth-order valence-corrected chi connectivity index (χ4v) is 6.73. The number of anilines is 1. The van der Waals surface area contributed by atoms with Crippen LogP contribution in [0.15, 0.2) is 65.5 Å². The Bertz CT molecular complexity index is 1300. The van der Waals surface area contributed by atoms with E-state index in [4.69, 9.17) is 16.3 Å². The van der Waals surface area contributed by atoms with Gasteiger partial charge in [0, 0.05) is 53.8 Å². The van der Waals surface area contributed by atoms with Gasteiger partial charge in [0.15, 0.2) is 5.50 Å². The predicted molar refractivity (Wildman–Crippen MR) is 153 cm³/mol. The highest BCUT2D eigenvalue weighted by Gasteiger charge is 2.48. The molecule has 1 saturated heterocycles. The first-order chi connectivity index (χ1) is 18.3. The molecule has 0 saturated carbocycles. The Morgan fingerprint density at radius 2 is 2.00 bits per heavy atom. The van der Waals surface area contributed by atoms with Crippen LogP contribution in [-0.4, -0.2) is 49.0 Å². The van der Waals surface area contributed by atoms with E-state index >= 15 is 0 Å². The number of halogens is 1. The minimum atomic E-state index is -0.317. The van der Waals surface area contributed by atoms with Gasteiger partial charge in [-0.1, -0.05) is 35.5 Å². The molecule has 0 bridgehead atoms. The summed E-state index contributed by atoms with van der Waals surface area (Å²) in [6, 6.07) is 13.7. The SMILES string of the molecule is CC=C(NC1NC=C(CCc2ccc(C(=O)OC)cc2)S1)N1CC2(CCN(C(C)=O)C2)c2cc(Cl)ccc21. The zero-order valence-electron chi connectivity index (χ0n) is 21.9. The number of amides is 1. The maximum absolute atomic E-state index is 12.1. The zero-order valence-corrected chi connectivity index (χ0v) is 23.5. The first-order valence-electron chi connectivity index (χ1n) is 12.9. The maximum atomic E-state index is 12.1. The number of allylic oxidation sites excluding steroid dienone is 2. The van der Waals surface area contributed by atoms with Crippen molar-refractivity contribution in [2.75, 3.05) is 31.6 Å². The molecule has 38 heavy (non-hydrogen) atoms. The number of nitrogens with zero attached hydrogens (tertiary/aromatic N) is 2. The van der Waals surface area contributed by atoms with E-state index in [2.05, 4.69) is 39.9 Å². The van der Waals surface area contributed by atoms with Gasteiger partial charge < -0.3 is 25.2 Å². The molecule has 1 amide bonds. The number of carbonyl (C=O) groups is 2. The van der Waals surface area contributed by atoms with Crippen molar-refractivity contribution in [3.8, 4) is 0 Å². The number of nitrogens with one attached hydrogen (secondary N) is 2. The molecule has 3 heterocycles. The molecule has 2 N–H and O–H groups in total. The van der Waals surface area contributed by atoms with Gasteiger partial charge in [0.2, 0.25) is 5.91 Å². The summed E-state index contributed by atoms with van der Waals surface area (Å²) in [5.41, 5.74) is 4.01.